The van der Waals surface area contributed by atoms with E-state index in [-0.39, 0.29) is 0 Å². The van der Waals surface area contributed by atoms with Gasteiger partial charge in [-0.2, -0.15) is 0 Å². The molecule has 0 aliphatic heterocycles. The van der Waals surface area contributed by atoms with Crippen molar-refractivity contribution in [2.75, 3.05) is 6.54 Å². The zero-order valence-corrected chi connectivity index (χ0v) is 11.5. The highest BCUT2D eigenvalue weighted by Gasteiger charge is 2.28. The van der Waals surface area contributed by atoms with E-state index in [4.69, 9.17) is 0 Å². The molecule has 18 heavy (non-hydrogen) atoms. The van der Waals surface area contributed by atoms with Gasteiger partial charge < -0.3 is 5.32 Å². The summed E-state index contributed by atoms with van der Waals surface area (Å²) in [6.45, 7) is 3.32. The minimum atomic E-state index is 0.714. The Morgan fingerprint density at radius 1 is 1.06 bits per heavy atom. The second kappa shape index (κ2) is 5.44. The number of rotatable bonds is 4. The molecule has 1 nitrogen and oxygen atoms in total. The maximum atomic E-state index is 3.67. The first kappa shape index (κ1) is 12.2. The van der Waals surface area contributed by atoms with E-state index in [1.54, 1.807) is 11.1 Å². The molecule has 3 rings (SSSR count). The molecular formula is C17H25N. The Kier molecular flexibility index (Phi) is 3.69. The van der Waals surface area contributed by atoms with E-state index in [0.29, 0.717) is 6.04 Å². The van der Waals surface area contributed by atoms with Crippen LogP contribution in [0.15, 0.2) is 24.3 Å². The van der Waals surface area contributed by atoms with Crippen LogP contribution < -0.4 is 5.32 Å². The molecule has 2 saturated carbocycles. The Hall–Kier alpha value is -0.820. The van der Waals surface area contributed by atoms with Crippen LogP contribution in [0.25, 0.3) is 0 Å². The zero-order valence-electron chi connectivity index (χ0n) is 11.5. The number of hydrogen-bond donors (Lipinski definition) is 1. The maximum absolute atomic E-state index is 3.67. The van der Waals surface area contributed by atoms with Crippen molar-refractivity contribution in [3.05, 3.63) is 35.4 Å². The van der Waals surface area contributed by atoms with Crippen molar-refractivity contribution >= 4 is 0 Å². The maximum Gasteiger partial charge on any atom is 0.0136 e. The van der Waals surface area contributed by atoms with E-state index in [0.717, 1.165) is 18.4 Å². The fourth-order valence-corrected chi connectivity index (χ4v) is 3.65. The van der Waals surface area contributed by atoms with Gasteiger partial charge in [0.05, 0.1) is 0 Å². The summed E-state index contributed by atoms with van der Waals surface area (Å²) in [4.78, 5) is 0. The summed E-state index contributed by atoms with van der Waals surface area (Å²) in [6.07, 6.45) is 8.35. The highest BCUT2D eigenvalue weighted by molar-refractivity contribution is 5.31. The fraction of sp³-hybridized carbons (Fsp3) is 0.647. The van der Waals surface area contributed by atoms with Gasteiger partial charge in [-0.25, -0.2) is 0 Å². The summed E-state index contributed by atoms with van der Waals surface area (Å²) < 4.78 is 0. The van der Waals surface area contributed by atoms with Gasteiger partial charge in [-0.1, -0.05) is 44.0 Å². The molecule has 2 unspecified atom stereocenters. The monoisotopic (exact) mass is 243 g/mol. The summed E-state index contributed by atoms with van der Waals surface area (Å²) in [5.74, 6) is 1.62. The molecule has 1 aromatic rings. The third kappa shape index (κ3) is 2.33. The fourth-order valence-electron chi connectivity index (χ4n) is 3.65. The molecule has 2 aliphatic carbocycles. The predicted octanol–water partition coefficient (Wildman–Crippen LogP) is 4.20. The van der Waals surface area contributed by atoms with E-state index in [1.807, 2.05) is 0 Å². The molecule has 0 heterocycles. The molecule has 2 fully saturated rings. The van der Waals surface area contributed by atoms with Crippen LogP contribution in [0.3, 0.4) is 0 Å². The Morgan fingerprint density at radius 2 is 1.83 bits per heavy atom. The molecule has 0 saturated heterocycles. The van der Waals surface area contributed by atoms with Gasteiger partial charge in [-0.3, -0.25) is 0 Å². The molecule has 98 valence electrons. The number of likely N-dealkylation sites (N-methyl/N-ethyl adjacent to an activating group) is 1. The smallest absolute Gasteiger partial charge is 0.0136 e. The summed E-state index contributed by atoms with van der Waals surface area (Å²) in [7, 11) is 0. The quantitative estimate of drug-likeness (QED) is 0.835. The topological polar surface area (TPSA) is 12.0 Å². The van der Waals surface area contributed by atoms with Crippen molar-refractivity contribution in [1.29, 1.82) is 0 Å². The first-order valence-corrected chi connectivity index (χ1v) is 7.71. The third-order valence-corrected chi connectivity index (χ3v) is 4.90. The number of benzene rings is 1. The van der Waals surface area contributed by atoms with Crippen LogP contribution in [0.1, 0.15) is 68.4 Å². The van der Waals surface area contributed by atoms with Crippen LogP contribution in [-0.2, 0) is 0 Å². The van der Waals surface area contributed by atoms with Crippen molar-refractivity contribution in [3.8, 4) is 0 Å². The highest BCUT2D eigenvalue weighted by Crippen LogP contribution is 2.39. The summed E-state index contributed by atoms with van der Waals surface area (Å²) in [5.41, 5.74) is 3.18. The predicted molar refractivity (Wildman–Crippen MR) is 77.1 cm³/mol. The SMILES string of the molecule is CCNC1CCCC1c1cccc(C2CCC2)c1. The highest BCUT2D eigenvalue weighted by atomic mass is 14.9. The van der Waals surface area contributed by atoms with Gasteiger partial charge in [0.25, 0.3) is 0 Å². The van der Waals surface area contributed by atoms with Gasteiger partial charge in [0.2, 0.25) is 0 Å². The Morgan fingerprint density at radius 3 is 2.56 bits per heavy atom. The second-order valence-corrected chi connectivity index (χ2v) is 6.00. The first-order valence-electron chi connectivity index (χ1n) is 7.71. The van der Waals surface area contributed by atoms with Crippen LogP contribution in [0.2, 0.25) is 0 Å². The van der Waals surface area contributed by atoms with Gasteiger partial charge in [-0.05, 0) is 55.2 Å². The van der Waals surface area contributed by atoms with Crippen molar-refractivity contribution in [1.82, 2.24) is 5.32 Å². The lowest BCUT2D eigenvalue weighted by Crippen LogP contribution is -2.30. The van der Waals surface area contributed by atoms with Crippen molar-refractivity contribution in [3.63, 3.8) is 0 Å². The average molecular weight is 243 g/mol. The third-order valence-electron chi connectivity index (χ3n) is 4.90. The van der Waals surface area contributed by atoms with Crippen LogP contribution in [0.5, 0.6) is 0 Å². The van der Waals surface area contributed by atoms with Crippen molar-refractivity contribution in [2.45, 2.75) is 63.3 Å². The molecule has 0 aromatic heterocycles. The van der Waals surface area contributed by atoms with E-state index in [2.05, 4.69) is 36.5 Å². The summed E-state index contributed by atoms with van der Waals surface area (Å²) >= 11 is 0. The van der Waals surface area contributed by atoms with E-state index in [9.17, 15) is 0 Å². The molecule has 1 N–H and O–H groups in total. The summed E-state index contributed by atoms with van der Waals surface area (Å²) in [6, 6.07) is 10.2. The lowest BCUT2D eigenvalue weighted by atomic mass is 9.79. The van der Waals surface area contributed by atoms with Crippen LogP contribution in [0.4, 0.5) is 0 Å². The van der Waals surface area contributed by atoms with Gasteiger partial charge in [0.15, 0.2) is 0 Å². The number of nitrogens with one attached hydrogen (secondary N) is 1. The molecule has 1 heteroatoms. The summed E-state index contributed by atoms with van der Waals surface area (Å²) in [5, 5.41) is 3.67. The minimum Gasteiger partial charge on any atom is -0.314 e. The Labute approximate surface area is 111 Å². The van der Waals surface area contributed by atoms with E-state index >= 15 is 0 Å². The van der Waals surface area contributed by atoms with Gasteiger partial charge in [-0.15, -0.1) is 0 Å². The van der Waals surface area contributed by atoms with Crippen molar-refractivity contribution < 1.29 is 0 Å². The molecule has 0 bridgehead atoms. The zero-order chi connectivity index (χ0) is 12.4. The lowest BCUT2D eigenvalue weighted by Gasteiger charge is -2.27. The Balaban J connectivity index is 1.78. The molecular weight excluding hydrogens is 218 g/mol. The molecule has 0 radical (unpaired) electrons. The normalized spacial score (nSPS) is 28.3. The standard InChI is InChI=1S/C17H25N/c1-2-18-17-11-5-10-16(17)15-9-4-8-14(12-15)13-6-3-7-13/h4,8-9,12-13,16-18H,2-3,5-7,10-11H2,1H3. The molecule has 2 aliphatic rings. The molecule has 1 aromatic carbocycles. The second-order valence-electron chi connectivity index (χ2n) is 6.00. The van der Waals surface area contributed by atoms with Crippen LogP contribution in [-0.4, -0.2) is 12.6 Å². The van der Waals surface area contributed by atoms with Crippen LogP contribution in [0, 0.1) is 0 Å². The minimum absolute atomic E-state index is 0.714. The van der Waals surface area contributed by atoms with E-state index < -0.39 is 0 Å². The van der Waals surface area contributed by atoms with Crippen molar-refractivity contribution in [2.24, 2.45) is 0 Å². The molecule has 2 atom stereocenters. The first-order chi connectivity index (χ1) is 8.88. The van der Waals surface area contributed by atoms with E-state index in [1.165, 1.54) is 38.5 Å². The molecule has 0 spiro atoms. The Bertz CT molecular complexity index is 394. The van der Waals surface area contributed by atoms with Crippen LogP contribution >= 0.6 is 0 Å². The average Bonchev–Trinajstić information content (AvgIpc) is 2.76. The number of hydrogen-bond acceptors (Lipinski definition) is 1. The largest absolute Gasteiger partial charge is 0.314 e. The lowest BCUT2D eigenvalue weighted by molar-refractivity contribution is 0.418. The van der Waals surface area contributed by atoms with Gasteiger partial charge in [0, 0.05) is 6.04 Å². The van der Waals surface area contributed by atoms with Gasteiger partial charge in [0.1, 0.15) is 0 Å². The van der Waals surface area contributed by atoms with Gasteiger partial charge >= 0.3 is 0 Å². The molecule has 0 amide bonds.